The molecular weight excluding hydrogens is 468 g/mol. The number of benzene rings is 1. The predicted molar refractivity (Wildman–Crippen MR) is 140 cm³/mol. The number of carbonyl (C=O) groups excluding carboxylic acids is 1. The number of hydrogen-bond donors (Lipinski definition) is 1. The van der Waals surface area contributed by atoms with E-state index in [1.54, 1.807) is 6.07 Å². The molecule has 0 spiro atoms. The van der Waals surface area contributed by atoms with E-state index in [2.05, 4.69) is 25.1 Å². The molecule has 1 aromatic carbocycles. The van der Waals surface area contributed by atoms with E-state index in [-0.39, 0.29) is 5.91 Å². The predicted octanol–water partition coefficient (Wildman–Crippen LogP) is 5.24. The van der Waals surface area contributed by atoms with Crippen molar-refractivity contribution in [1.29, 1.82) is 0 Å². The quantitative estimate of drug-likeness (QED) is 0.419. The first-order valence-corrected chi connectivity index (χ1v) is 12.4. The number of hydrogen-bond acceptors (Lipinski definition) is 7. The van der Waals surface area contributed by atoms with E-state index in [0.29, 0.717) is 21.4 Å². The third-order valence-electron chi connectivity index (χ3n) is 6.07. The van der Waals surface area contributed by atoms with Gasteiger partial charge in [-0.05, 0) is 56.2 Å². The first-order chi connectivity index (χ1) is 16.4. The Balaban J connectivity index is 1.42. The van der Waals surface area contributed by atoms with Gasteiger partial charge in [-0.25, -0.2) is 15.0 Å². The minimum Gasteiger partial charge on any atom is -0.353 e. The standard InChI is InChI=1S/C25H25ClN6OS/c1-15-7-8-18(14-19(15)26)30-24(33)22-16(2)21-23(28-17(3)29-25(21)34-22)32-12-10-31(11-13-32)20-6-4-5-9-27-20/h4-9,14H,10-13H2,1-3H3,(H,30,33). The number of piperazine rings is 1. The third kappa shape index (κ3) is 4.31. The van der Waals surface area contributed by atoms with Gasteiger partial charge in [0, 0.05) is 43.1 Å². The van der Waals surface area contributed by atoms with E-state index < -0.39 is 0 Å². The number of fused-ring (bicyclic) bond motifs is 1. The molecule has 174 valence electrons. The summed E-state index contributed by atoms with van der Waals surface area (Å²) < 4.78 is 0. The van der Waals surface area contributed by atoms with Crippen LogP contribution in [0, 0.1) is 20.8 Å². The van der Waals surface area contributed by atoms with Crippen molar-refractivity contribution in [3.63, 3.8) is 0 Å². The van der Waals surface area contributed by atoms with Crippen LogP contribution in [0.5, 0.6) is 0 Å². The molecule has 1 fully saturated rings. The summed E-state index contributed by atoms with van der Waals surface area (Å²) in [5.41, 5.74) is 2.54. The second kappa shape index (κ2) is 9.19. The number of carbonyl (C=O) groups is 1. The highest BCUT2D eigenvalue weighted by atomic mass is 35.5. The van der Waals surface area contributed by atoms with Crippen LogP contribution in [-0.2, 0) is 0 Å². The number of rotatable bonds is 4. The molecule has 0 unspecified atom stereocenters. The highest BCUT2D eigenvalue weighted by molar-refractivity contribution is 7.20. The van der Waals surface area contributed by atoms with Crippen molar-refractivity contribution in [2.24, 2.45) is 0 Å². The van der Waals surface area contributed by atoms with Gasteiger partial charge in [0.05, 0.1) is 10.3 Å². The fourth-order valence-corrected chi connectivity index (χ4v) is 5.51. The maximum Gasteiger partial charge on any atom is 0.266 e. The van der Waals surface area contributed by atoms with Crippen LogP contribution < -0.4 is 15.1 Å². The van der Waals surface area contributed by atoms with Crippen molar-refractivity contribution in [1.82, 2.24) is 15.0 Å². The number of thiophene rings is 1. The Morgan fingerprint density at radius 3 is 2.50 bits per heavy atom. The van der Waals surface area contributed by atoms with Gasteiger partial charge in [0.1, 0.15) is 22.3 Å². The molecule has 7 nitrogen and oxygen atoms in total. The molecule has 5 rings (SSSR count). The molecule has 34 heavy (non-hydrogen) atoms. The van der Waals surface area contributed by atoms with Crippen LogP contribution in [0.4, 0.5) is 17.3 Å². The smallest absolute Gasteiger partial charge is 0.266 e. The van der Waals surface area contributed by atoms with Crippen molar-refractivity contribution in [3.05, 3.63) is 69.4 Å². The summed E-state index contributed by atoms with van der Waals surface area (Å²) >= 11 is 7.64. The Morgan fingerprint density at radius 2 is 1.79 bits per heavy atom. The molecule has 0 aliphatic carbocycles. The molecule has 1 saturated heterocycles. The van der Waals surface area contributed by atoms with E-state index >= 15 is 0 Å². The summed E-state index contributed by atoms with van der Waals surface area (Å²) in [6, 6.07) is 11.5. The Hall–Kier alpha value is -3.23. The summed E-state index contributed by atoms with van der Waals surface area (Å²) in [6.45, 7) is 9.15. The minimum atomic E-state index is -0.163. The van der Waals surface area contributed by atoms with Crippen molar-refractivity contribution >= 4 is 56.4 Å². The number of nitrogens with one attached hydrogen (secondary N) is 1. The fourth-order valence-electron chi connectivity index (χ4n) is 4.21. The van der Waals surface area contributed by atoms with E-state index in [1.165, 1.54) is 11.3 Å². The Morgan fingerprint density at radius 1 is 1.03 bits per heavy atom. The largest absolute Gasteiger partial charge is 0.353 e. The maximum absolute atomic E-state index is 13.2. The summed E-state index contributed by atoms with van der Waals surface area (Å²) in [5, 5.41) is 4.55. The zero-order valence-corrected chi connectivity index (χ0v) is 20.9. The summed E-state index contributed by atoms with van der Waals surface area (Å²) in [7, 11) is 0. The topological polar surface area (TPSA) is 74.2 Å². The van der Waals surface area contributed by atoms with Gasteiger partial charge < -0.3 is 15.1 Å². The third-order valence-corrected chi connectivity index (χ3v) is 7.66. The molecule has 0 atom stereocenters. The Labute approximate surface area is 207 Å². The highest BCUT2D eigenvalue weighted by Gasteiger charge is 2.25. The number of aryl methyl sites for hydroxylation is 3. The highest BCUT2D eigenvalue weighted by Crippen LogP contribution is 2.36. The van der Waals surface area contributed by atoms with Crippen LogP contribution in [-0.4, -0.2) is 47.0 Å². The lowest BCUT2D eigenvalue weighted by atomic mass is 10.1. The second-order valence-corrected chi connectivity index (χ2v) is 9.82. The fraction of sp³-hybridized carbons (Fsp3) is 0.280. The Kier molecular flexibility index (Phi) is 6.10. The molecule has 1 N–H and O–H groups in total. The van der Waals surface area contributed by atoms with Gasteiger partial charge >= 0.3 is 0 Å². The van der Waals surface area contributed by atoms with Crippen LogP contribution in [0.25, 0.3) is 10.2 Å². The van der Waals surface area contributed by atoms with Crippen LogP contribution in [0.15, 0.2) is 42.6 Å². The molecule has 4 heterocycles. The van der Waals surface area contributed by atoms with E-state index in [0.717, 1.165) is 59.2 Å². The summed E-state index contributed by atoms with van der Waals surface area (Å²) in [4.78, 5) is 33.1. The van der Waals surface area contributed by atoms with Gasteiger partial charge in [0.2, 0.25) is 0 Å². The lowest BCUT2D eigenvalue weighted by Crippen LogP contribution is -2.47. The summed E-state index contributed by atoms with van der Waals surface area (Å²) in [5.74, 6) is 2.43. The van der Waals surface area contributed by atoms with Crippen LogP contribution in [0.3, 0.4) is 0 Å². The second-order valence-electron chi connectivity index (χ2n) is 8.41. The first-order valence-electron chi connectivity index (χ1n) is 11.2. The van der Waals surface area contributed by atoms with Gasteiger partial charge in [-0.2, -0.15) is 0 Å². The average Bonchev–Trinajstić information content (AvgIpc) is 3.18. The number of anilines is 3. The number of amides is 1. The molecule has 4 aromatic rings. The first kappa shape index (κ1) is 22.6. The molecule has 0 bridgehead atoms. The summed E-state index contributed by atoms with van der Waals surface area (Å²) in [6.07, 6.45) is 1.82. The van der Waals surface area contributed by atoms with Crippen molar-refractivity contribution < 1.29 is 4.79 Å². The van der Waals surface area contributed by atoms with E-state index in [4.69, 9.17) is 16.6 Å². The number of pyridine rings is 1. The number of halogens is 1. The van der Waals surface area contributed by atoms with Crippen LogP contribution in [0.2, 0.25) is 5.02 Å². The van der Waals surface area contributed by atoms with Crippen molar-refractivity contribution in [2.75, 3.05) is 41.3 Å². The molecule has 1 amide bonds. The monoisotopic (exact) mass is 492 g/mol. The van der Waals surface area contributed by atoms with E-state index in [1.807, 2.05) is 57.3 Å². The zero-order chi connectivity index (χ0) is 23.8. The van der Waals surface area contributed by atoms with Gasteiger partial charge in [-0.15, -0.1) is 11.3 Å². The van der Waals surface area contributed by atoms with Gasteiger partial charge in [-0.1, -0.05) is 23.7 Å². The van der Waals surface area contributed by atoms with Crippen molar-refractivity contribution in [3.8, 4) is 0 Å². The van der Waals surface area contributed by atoms with Gasteiger partial charge in [-0.3, -0.25) is 4.79 Å². The minimum absolute atomic E-state index is 0.163. The lowest BCUT2D eigenvalue weighted by Gasteiger charge is -2.36. The zero-order valence-electron chi connectivity index (χ0n) is 19.3. The molecular formula is C25H25ClN6OS. The lowest BCUT2D eigenvalue weighted by molar-refractivity contribution is 0.103. The van der Waals surface area contributed by atoms with Crippen LogP contribution >= 0.6 is 22.9 Å². The van der Waals surface area contributed by atoms with E-state index in [9.17, 15) is 4.79 Å². The molecule has 0 radical (unpaired) electrons. The molecule has 9 heteroatoms. The SMILES string of the molecule is Cc1nc(N2CCN(c3ccccn3)CC2)c2c(C)c(C(=O)Nc3ccc(C)c(Cl)c3)sc2n1. The van der Waals surface area contributed by atoms with Crippen LogP contribution in [0.1, 0.15) is 26.6 Å². The normalized spacial score (nSPS) is 14.0. The molecule has 0 saturated carbocycles. The number of nitrogens with zero attached hydrogens (tertiary/aromatic N) is 5. The van der Waals surface area contributed by atoms with Gasteiger partial charge in [0.25, 0.3) is 5.91 Å². The average molecular weight is 493 g/mol. The van der Waals surface area contributed by atoms with Gasteiger partial charge in [0.15, 0.2) is 0 Å². The Bertz CT molecular complexity index is 1370. The molecule has 1 aliphatic heterocycles. The maximum atomic E-state index is 13.2. The van der Waals surface area contributed by atoms with Crippen molar-refractivity contribution in [2.45, 2.75) is 20.8 Å². The number of aromatic nitrogens is 3. The molecule has 1 aliphatic rings. The molecule has 3 aromatic heterocycles.